The summed E-state index contributed by atoms with van der Waals surface area (Å²) in [7, 11) is 1.85. The average Bonchev–Trinajstić information content (AvgIpc) is 2.21. The molecule has 0 aliphatic carbocycles. The molecule has 0 aliphatic heterocycles. The molecule has 4 heteroatoms. The number of benzene rings is 1. The standard InChI is InChI=1S/C13H19F2NO/c1-13(2,9-17)8-16(3)7-10-4-5-11(14)6-12(10)15/h4-6,17H,7-9H2,1-3H3. The Labute approximate surface area is 101 Å². The smallest absolute Gasteiger partial charge is 0.130 e. The van der Waals surface area contributed by atoms with Crippen LogP contribution in [0.5, 0.6) is 0 Å². The summed E-state index contributed by atoms with van der Waals surface area (Å²) in [4.78, 5) is 1.91. The Hall–Kier alpha value is -1.00. The number of halogens is 2. The van der Waals surface area contributed by atoms with Crippen molar-refractivity contribution >= 4 is 0 Å². The van der Waals surface area contributed by atoms with Gasteiger partial charge in [0.1, 0.15) is 11.6 Å². The molecule has 96 valence electrons. The van der Waals surface area contributed by atoms with Gasteiger partial charge in [0.25, 0.3) is 0 Å². The van der Waals surface area contributed by atoms with Gasteiger partial charge in [0.2, 0.25) is 0 Å². The van der Waals surface area contributed by atoms with E-state index in [1.807, 2.05) is 25.8 Å². The Balaban J connectivity index is 2.65. The molecule has 0 bridgehead atoms. The summed E-state index contributed by atoms with van der Waals surface area (Å²) in [5.41, 5.74) is 0.230. The summed E-state index contributed by atoms with van der Waals surface area (Å²) in [6.45, 7) is 4.98. The van der Waals surface area contributed by atoms with Crippen LogP contribution in [0.4, 0.5) is 8.78 Å². The summed E-state index contributed by atoms with van der Waals surface area (Å²) in [6, 6.07) is 3.59. The molecule has 0 saturated heterocycles. The van der Waals surface area contributed by atoms with Crippen LogP contribution < -0.4 is 0 Å². The van der Waals surface area contributed by atoms with Gasteiger partial charge >= 0.3 is 0 Å². The molecule has 0 aromatic heterocycles. The van der Waals surface area contributed by atoms with Gasteiger partial charge in [0.15, 0.2) is 0 Å². The van der Waals surface area contributed by atoms with Crippen LogP contribution in [0.1, 0.15) is 19.4 Å². The Kier molecular flexibility index (Phi) is 4.60. The Morgan fingerprint density at radius 2 is 1.94 bits per heavy atom. The van der Waals surface area contributed by atoms with Gasteiger partial charge in [0, 0.05) is 36.7 Å². The Morgan fingerprint density at radius 1 is 1.29 bits per heavy atom. The Morgan fingerprint density at radius 3 is 2.47 bits per heavy atom. The molecule has 2 nitrogen and oxygen atoms in total. The monoisotopic (exact) mass is 243 g/mol. The average molecular weight is 243 g/mol. The van der Waals surface area contributed by atoms with Crippen molar-refractivity contribution in [3.05, 3.63) is 35.4 Å². The van der Waals surface area contributed by atoms with E-state index < -0.39 is 11.6 Å². The van der Waals surface area contributed by atoms with Gasteiger partial charge < -0.3 is 10.0 Å². The first-order valence-electron chi connectivity index (χ1n) is 5.57. The van der Waals surface area contributed by atoms with Crippen LogP contribution in [0.25, 0.3) is 0 Å². The molecule has 0 atom stereocenters. The van der Waals surface area contributed by atoms with Gasteiger partial charge in [-0.25, -0.2) is 8.78 Å². The molecule has 0 aliphatic rings. The highest BCUT2D eigenvalue weighted by atomic mass is 19.1. The van der Waals surface area contributed by atoms with Gasteiger partial charge in [-0.1, -0.05) is 19.9 Å². The van der Waals surface area contributed by atoms with Crippen molar-refractivity contribution in [2.75, 3.05) is 20.2 Å². The number of rotatable bonds is 5. The number of aliphatic hydroxyl groups excluding tert-OH is 1. The third-order valence-corrected chi connectivity index (χ3v) is 2.58. The highest BCUT2D eigenvalue weighted by molar-refractivity contribution is 5.18. The molecule has 0 amide bonds. The van der Waals surface area contributed by atoms with Crippen LogP contribution >= 0.6 is 0 Å². The first-order chi connectivity index (χ1) is 7.84. The van der Waals surface area contributed by atoms with E-state index in [4.69, 9.17) is 5.11 Å². The lowest BCUT2D eigenvalue weighted by molar-refractivity contribution is 0.112. The highest BCUT2D eigenvalue weighted by Crippen LogP contribution is 2.17. The minimum absolute atomic E-state index is 0.0727. The van der Waals surface area contributed by atoms with E-state index in [-0.39, 0.29) is 12.0 Å². The fourth-order valence-electron chi connectivity index (χ4n) is 1.78. The van der Waals surface area contributed by atoms with Crippen molar-refractivity contribution in [1.29, 1.82) is 0 Å². The van der Waals surface area contributed by atoms with Gasteiger partial charge in [-0.15, -0.1) is 0 Å². The second kappa shape index (κ2) is 5.56. The molecule has 0 heterocycles. The van der Waals surface area contributed by atoms with Crippen LogP contribution in [0.3, 0.4) is 0 Å². The molecular formula is C13H19F2NO. The van der Waals surface area contributed by atoms with Gasteiger partial charge in [0.05, 0.1) is 0 Å². The molecule has 1 aromatic rings. The number of nitrogens with zero attached hydrogens (tertiary/aromatic N) is 1. The maximum absolute atomic E-state index is 13.4. The van der Waals surface area contributed by atoms with E-state index in [0.717, 1.165) is 6.07 Å². The zero-order valence-corrected chi connectivity index (χ0v) is 10.5. The van der Waals surface area contributed by atoms with E-state index in [1.165, 1.54) is 12.1 Å². The van der Waals surface area contributed by atoms with E-state index in [2.05, 4.69) is 0 Å². The lowest BCUT2D eigenvalue weighted by Gasteiger charge is -2.28. The number of hydrogen-bond donors (Lipinski definition) is 1. The van der Waals surface area contributed by atoms with Gasteiger partial charge in [-0.05, 0) is 13.1 Å². The van der Waals surface area contributed by atoms with Crippen LogP contribution in [0, 0.1) is 17.0 Å². The maximum Gasteiger partial charge on any atom is 0.130 e. The van der Waals surface area contributed by atoms with E-state index in [1.54, 1.807) is 0 Å². The third-order valence-electron chi connectivity index (χ3n) is 2.58. The first-order valence-corrected chi connectivity index (χ1v) is 5.57. The summed E-state index contributed by atoms with van der Waals surface area (Å²) < 4.78 is 26.1. The van der Waals surface area contributed by atoms with Crippen molar-refractivity contribution < 1.29 is 13.9 Å². The second-order valence-corrected chi connectivity index (χ2v) is 5.23. The fraction of sp³-hybridized carbons (Fsp3) is 0.538. The molecular weight excluding hydrogens is 224 g/mol. The minimum Gasteiger partial charge on any atom is -0.396 e. The van der Waals surface area contributed by atoms with Crippen LogP contribution in [-0.2, 0) is 6.54 Å². The van der Waals surface area contributed by atoms with E-state index in [0.29, 0.717) is 18.7 Å². The zero-order valence-electron chi connectivity index (χ0n) is 10.5. The molecule has 0 radical (unpaired) electrons. The van der Waals surface area contributed by atoms with Crippen molar-refractivity contribution in [3.63, 3.8) is 0 Å². The molecule has 1 rings (SSSR count). The van der Waals surface area contributed by atoms with Crippen LogP contribution in [0.2, 0.25) is 0 Å². The minimum atomic E-state index is -0.565. The number of hydrogen-bond acceptors (Lipinski definition) is 2. The number of aliphatic hydroxyl groups is 1. The van der Waals surface area contributed by atoms with Crippen molar-refractivity contribution in [3.8, 4) is 0 Å². The maximum atomic E-state index is 13.4. The van der Waals surface area contributed by atoms with Gasteiger partial charge in [-0.2, -0.15) is 0 Å². The predicted octanol–water partition coefficient (Wildman–Crippen LogP) is 2.42. The molecule has 0 saturated carbocycles. The quantitative estimate of drug-likeness (QED) is 0.858. The fourth-order valence-corrected chi connectivity index (χ4v) is 1.78. The molecule has 0 fully saturated rings. The summed E-state index contributed by atoms with van der Waals surface area (Å²) >= 11 is 0. The normalized spacial score (nSPS) is 12.2. The summed E-state index contributed by atoms with van der Waals surface area (Å²) in [5, 5.41) is 9.15. The topological polar surface area (TPSA) is 23.5 Å². The van der Waals surface area contributed by atoms with E-state index >= 15 is 0 Å². The molecule has 0 spiro atoms. The van der Waals surface area contributed by atoms with Gasteiger partial charge in [-0.3, -0.25) is 0 Å². The lowest BCUT2D eigenvalue weighted by atomic mass is 9.94. The highest BCUT2D eigenvalue weighted by Gasteiger charge is 2.19. The summed E-state index contributed by atoms with van der Waals surface area (Å²) in [5.74, 6) is -1.09. The molecule has 17 heavy (non-hydrogen) atoms. The largest absolute Gasteiger partial charge is 0.396 e. The van der Waals surface area contributed by atoms with Crippen molar-refractivity contribution in [2.45, 2.75) is 20.4 Å². The predicted molar refractivity (Wildman–Crippen MR) is 63.6 cm³/mol. The Bertz CT molecular complexity index is 380. The van der Waals surface area contributed by atoms with Crippen LogP contribution in [-0.4, -0.2) is 30.2 Å². The second-order valence-electron chi connectivity index (χ2n) is 5.23. The van der Waals surface area contributed by atoms with Crippen molar-refractivity contribution in [1.82, 2.24) is 4.90 Å². The molecule has 0 unspecified atom stereocenters. The molecule has 1 N–H and O–H groups in total. The van der Waals surface area contributed by atoms with E-state index in [9.17, 15) is 8.78 Å². The van der Waals surface area contributed by atoms with Crippen molar-refractivity contribution in [2.24, 2.45) is 5.41 Å². The third kappa shape index (κ3) is 4.40. The zero-order chi connectivity index (χ0) is 13.1. The lowest BCUT2D eigenvalue weighted by Crippen LogP contribution is -2.33. The summed E-state index contributed by atoms with van der Waals surface area (Å²) in [6.07, 6.45) is 0. The molecule has 1 aromatic carbocycles. The first kappa shape index (κ1) is 14.1. The SMILES string of the molecule is CN(Cc1ccc(F)cc1F)CC(C)(C)CO. The van der Waals surface area contributed by atoms with Crippen LogP contribution in [0.15, 0.2) is 18.2 Å².